The summed E-state index contributed by atoms with van der Waals surface area (Å²) in [6, 6.07) is 0. The van der Waals surface area contributed by atoms with Gasteiger partial charge in [0.2, 0.25) is 0 Å². The lowest BCUT2D eigenvalue weighted by Gasteiger charge is -2.15. The summed E-state index contributed by atoms with van der Waals surface area (Å²) in [4.78, 5) is 10.8. The van der Waals surface area contributed by atoms with Gasteiger partial charge in [0, 0.05) is 11.8 Å². The molecule has 0 heterocycles. The van der Waals surface area contributed by atoms with Gasteiger partial charge in [-0.2, -0.15) is 0 Å². The molecule has 0 N–H and O–H groups in total. The predicted molar refractivity (Wildman–Crippen MR) is 57.8 cm³/mol. The van der Waals surface area contributed by atoms with Gasteiger partial charge in [-0.15, -0.1) is 34.8 Å². The maximum Gasteiger partial charge on any atom is 0.532 e. The van der Waals surface area contributed by atoms with E-state index in [1.807, 2.05) is 0 Å². The lowest BCUT2D eigenvalue weighted by atomic mass is 10.8. The fourth-order valence-electron chi connectivity index (χ4n) is 0.532. The number of hydrogen-bond acceptors (Lipinski definition) is 5. The molecule has 0 saturated carbocycles. The quantitative estimate of drug-likeness (QED) is 0.509. The first-order valence-electron chi connectivity index (χ1n) is 3.87. The van der Waals surface area contributed by atoms with Crippen molar-refractivity contribution in [2.75, 3.05) is 30.9 Å². The molecule has 15 heavy (non-hydrogen) atoms. The van der Waals surface area contributed by atoms with Crippen LogP contribution in [0.5, 0.6) is 0 Å². The lowest BCUT2D eigenvalue weighted by molar-refractivity contribution is -0.133. The van der Waals surface area contributed by atoms with Gasteiger partial charge in [-0.25, -0.2) is 4.57 Å². The van der Waals surface area contributed by atoms with Gasteiger partial charge in [0.1, 0.15) is 5.88 Å². The first-order valence-corrected chi connectivity index (χ1v) is 6.94. The van der Waals surface area contributed by atoms with Crippen molar-refractivity contribution in [1.82, 2.24) is 0 Å². The molecule has 0 amide bonds. The highest BCUT2D eigenvalue weighted by Crippen LogP contribution is 2.49. The van der Waals surface area contributed by atoms with Crippen LogP contribution in [-0.4, -0.2) is 36.8 Å². The average Bonchev–Trinajstić information content (AvgIpc) is 2.23. The van der Waals surface area contributed by atoms with Crippen LogP contribution in [0.3, 0.4) is 0 Å². The number of carbonyl (C=O) groups is 1. The summed E-state index contributed by atoms with van der Waals surface area (Å²) < 4.78 is 25.4. The van der Waals surface area contributed by atoms with Crippen LogP contribution in [0.2, 0.25) is 0 Å². The van der Waals surface area contributed by atoms with Crippen LogP contribution in [0.25, 0.3) is 0 Å². The van der Waals surface area contributed by atoms with Crippen molar-refractivity contribution in [1.29, 1.82) is 0 Å². The minimum atomic E-state index is -3.93. The van der Waals surface area contributed by atoms with Gasteiger partial charge in [-0.1, -0.05) is 0 Å². The molecule has 0 fully saturated rings. The molecule has 0 saturated heterocycles. The topological polar surface area (TPSA) is 61.8 Å². The molecule has 0 atom stereocenters. The Morgan fingerprint density at radius 2 is 1.53 bits per heavy atom. The van der Waals surface area contributed by atoms with Gasteiger partial charge >= 0.3 is 13.8 Å². The van der Waals surface area contributed by atoms with Crippen molar-refractivity contribution < 1.29 is 22.9 Å². The molecule has 0 aliphatic rings. The minimum Gasteiger partial charge on any atom is -0.369 e. The molecule has 0 aromatic rings. The molecule has 5 nitrogen and oxygen atoms in total. The summed E-state index contributed by atoms with van der Waals surface area (Å²) in [7, 11) is -3.93. The summed E-state index contributed by atoms with van der Waals surface area (Å²) in [5.41, 5.74) is 0. The van der Waals surface area contributed by atoms with E-state index in [-0.39, 0.29) is 25.0 Å². The zero-order valence-electron chi connectivity index (χ0n) is 7.66. The Balaban J connectivity index is 4.26. The zero-order chi connectivity index (χ0) is 11.7. The molecule has 0 unspecified atom stereocenters. The number of phosphoric ester groups is 1. The van der Waals surface area contributed by atoms with Crippen molar-refractivity contribution in [3.63, 3.8) is 0 Å². The van der Waals surface area contributed by atoms with E-state index in [1.165, 1.54) is 0 Å². The second-order valence-corrected chi connectivity index (χ2v) is 4.71. The number of alkyl halides is 3. The number of halogens is 3. The summed E-state index contributed by atoms with van der Waals surface area (Å²) in [6.07, 6.45) is 0. The third kappa shape index (κ3) is 7.39. The fourth-order valence-corrected chi connectivity index (χ4v) is 2.16. The number of phosphoric acid groups is 1. The van der Waals surface area contributed by atoms with Crippen molar-refractivity contribution in [2.45, 2.75) is 0 Å². The molecule has 0 aliphatic heterocycles. The number of hydrogen-bond donors (Lipinski definition) is 0. The third-order valence-electron chi connectivity index (χ3n) is 0.976. The smallest absolute Gasteiger partial charge is 0.369 e. The molecule has 0 radical (unpaired) electrons. The standard InChI is InChI=1S/C6H10Cl3O5P/c7-1-3-12-15(11,13-4-2-8)14-6(10)5-9/h1-5H2. The number of carbonyl (C=O) groups excluding carboxylic acids is 1. The number of rotatable bonds is 8. The van der Waals surface area contributed by atoms with Crippen LogP contribution in [0.4, 0.5) is 0 Å². The van der Waals surface area contributed by atoms with E-state index in [2.05, 4.69) is 4.52 Å². The highest BCUT2D eigenvalue weighted by Gasteiger charge is 2.30. The van der Waals surface area contributed by atoms with Crippen LogP contribution in [-0.2, 0) is 22.9 Å². The Labute approximate surface area is 103 Å². The summed E-state index contributed by atoms with van der Waals surface area (Å²) >= 11 is 15.8. The molecule has 0 rings (SSSR count). The van der Waals surface area contributed by atoms with E-state index in [9.17, 15) is 9.36 Å². The van der Waals surface area contributed by atoms with E-state index < -0.39 is 19.7 Å². The van der Waals surface area contributed by atoms with Gasteiger partial charge < -0.3 is 4.52 Å². The van der Waals surface area contributed by atoms with Crippen LogP contribution in [0.15, 0.2) is 0 Å². The Bertz CT molecular complexity index is 225. The van der Waals surface area contributed by atoms with E-state index >= 15 is 0 Å². The monoisotopic (exact) mass is 298 g/mol. The molecule has 90 valence electrons. The molecule has 9 heteroatoms. The fraction of sp³-hybridized carbons (Fsp3) is 0.833. The Hall–Kier alpha value is 0.490. The second kappa shape index (κ2) is 8.62. The van der Waals surface area contributed by atoms with Crippen molar-refractivity contribution in [2.24, 2.45) is 0 Å². The molecule has 0 aliphatic carbocycles. The van der Waals surface area contributed by atoms with Gasteiger partial charge in [0.15, 0.2) is 0 Å². The van der Waals surface area contributed by atoms with Gasteiger partial charge in [-0.3, -0.25) is 13.8 Å². The maximum atomic E-state index is 11.6. The first-order chi connectivity index (χ1) is 7.08. The van der Waals surface area contributed by atoms with Crippen LogP contribution in [0.1, 0.15) is 0 Å². The molecule has 0 bridgehead atoms. The van der Waals surface area contributed by atoms with Crippen LogP contribution >= 0.6 is 42.6 Å². The second-order valence-electron chi connectivity index (χ2n) is 2.09. The summed E-state index contributed by atoms with van der Waals surface area (Å²) in [5, 5.41) is 0. The SMILES string of the molecule is O=C(CCl)OP(=O)(OCCCl)OCCCl. The van der Waals surface area contributed by atoms with Gasteiger partial charge in [0.25, 0.3) is 0 Å². The van der Waals surface area contributed by atoms with Crippen LogP contribution in [0, 0.1) is 0 Å². The molecular weight excluding hydrogens is 289 g/mol. The van der Waals surface area contributed by atoms with Crippen molar-refractivity contribution in [3.05, 3.63) is 0 Å². The lowest BCUT2D eigenvalue weighted by Crippen LogP contribution is -2.10. The Morgan fingerprint density at radius 1 is 1.07 bits per heavy atom. The molecule has 0 aromatic heterocycles. The predicted octanol–water partition coefficient (Wildman–Crippen LogP) is 2.39. The van der Waals surface area contributed by atoms with Gasteiger partial charge in [0.05, 0.1) is 13.2 Å². The summed E-state index contributed by atoms with van der Waals surface area (Å²) in [5.74, 6) is -1.17. The zero-order valence-corrected chi connectivity index (χ0v) is 10.8. The minimum absolute atomic E-state index is 0.0727. The van der Waals surface area contributed by atoms with Crippen molar-refractivity contribution in [3.8, 4) is 0 Å². The average molecular weight is 299 g/mol. The van der Waals surface area contributed by atoms with E-state index in [4.69, 9.17) is 43.9 Å². The van der Waals surface area contributed by atoms with Crippen LogP contribution < -0.4 is 0 Å². The molecule has 0 aromatic carbocycles. The maximum absolute atomic E-state index is 11.6. The third-order valence-corrected chi connectivity index (χ3v) is 2.93. The van der Waals surface area contributed by atoms with E-state index in [0.29, 0.717) is 0 Å². The molecular formula is C6H10Cl3O5P. The van der Waals surface area contributed by atoms with E-state index in [0.717, 1.165) is 0 Å². The van der Waals surface area contributed by atoms with Crippen molar-refractivity contribution >= 4 is 48.6 Å². The van der Waals surface area contributed by atoms with Gasteiger partial charge in [-0.05, 0) is 0 Å². The van der Waals surface area contributed by atoms with E-state index in [1.54, 1.807) is 0 Å². The largest absolute Gasteiger partial charge is 0.532 e. The highest BCUT2D eigenvalue weighted by molar-refractivity contribution is 7.49. The molecule has 0 spiro atoms. The normalized spacial score (nSPS) is 11.4. The first kappa shape index (κ1) is 15.5. The summed E-state index contributed by atoms with van der Waals surface area (Å²) in [6.45, 7) is -0.145. The Kier molecular flexibility index (Phi) is 8.90. The Morgan fingerprint density at radius 3 is 1.87 bits per heavy atom. The highest BCUT2D eigenvalue weighted by atomic mass is 35.5.